The lowest BCUT2D eigenvalue weighted by Crippen LogP contribution is -2.32. The van der Waals surface area contributed by atoms with Gasteiger partial charge in [-0.15, -0.1) is 11.3 Å². The van der Waals surface area contributed by atoms with E-state index in [0.29, 0.717) is 25.4 Å². The summed E-state index contributed by atoms with van der Waals surface area (Å²) in [4.78, 5) is 16.2. The van der Waals surface area contributed by atoms with Crippen LogP contribution in [-0.4, -0.2) is 31.0 Å². The Morgan fingerprint density at radius 1 is 1.19 bits per heavy atom. The molecule has 140 valence electrons. The van der Waals surface area contributed by atoms with E-state index < -0.39 is 0 Å². The first-order valence-electron chi connectivity index (χ1n) is 9.39. The Kier molecular flexibility index (Phi) is 7.09. The fraction of sp³-hybridized carbons (Fsp3) is 0.476. The van der Waals surface area contributed by atoms with E-state index in [4.69, 9.17) is 4.74 Å². The van der Waals surface area contributed by atoms with E-state index in [1.54, 1.807) is 18.4 Å². The average Bonchev–Trinajstić information content (AvgIpc) is 3.20. The summed E-state index contributed by atoms with van der Waals surface area (Å²) >= 11 is 1.70. The summed E-state index contributed by atoms with van der Waals surface area (Å²) in [5, 5.41) is 5.46. The Morgan fingerprint density at radius 3 is 2.73 bits per heavy atom. The van der Waals surface area contributed by atoms with Crippen molar-refractivity contribution in [3.63, 3.8) is 0 Å². The lowest BCUT2D eigenvalue weighted by Gasteiger charge is -2.26. The number of rotatable bonds is 8. The first-order chi connectivity index (χ1) is 12.8. The van der Waals surface area contributed by atoms with Crippen LogP contribution in [0.3, 0.4) is 0 Å². The van der Waals surface area contributed by atoms with Gasteiger partial charge in [-0.25, -0.2) is 0 Å². The number of carbonyl (C=O) groups is 1. The molecule has 0 aliphatic carbocycles. The SMILES string of the molecule is COc1ccccc1CN(Cc1cccs1)C(=O)CCC1CCNCC1. The zero-order chi connectivity index (χ0) is 18.2. The molecular weight excluding hydrogens is 344 g/mol. The molecule has 1 N–H and O–H groups in total. The van der Waals surface area contributed by atoms with Crippen molar-refractivity contribution in [3.8, 4) is 5.75 Å². The number of nitrogens with zero attached hydrogens (tertiary/aromatic N) is 1. The third kappa shape index (κ3) is 5.32. The Bertz CT molecular complexity index is 681. The summed E-state index contributed by atoms with van der Waals surface area (Å²) in [5.41, 5.74) is 1.06. The molecule has 0 spiro atoms. The molecule has 4 nitrogen and oxygen atoms in total. The second-order valence-electron chi connectivity index (χ2n) is 6.87. The van der Waals surface area contributed by atoms with Gasteiger partial charge < -0.3 is 15.0 Å². The summed E-state index contributed by atoms with van der Waals surface area (Å²) in [5.74, 6) is 1.76. The van der Waals surface area contributed by atoms with Crippen LogP contribution >= 0.6 is 11.3 Å². The highest BCUT2D eigenvalue weighted by Gasteiger charge is 2.20. The van der Waals surface area contributed by atoms with Crippen molar-refractivity contribution in [1.82, 2.24) is 10.2 Å². The van der Waals surface area contributed by atoms with Gasteiger partial charge in [0.1, 0.15) is 5.75 Å². The van der Waals surface area contributed by atoms with Crippen LogP contribution < -0.4 is 10.1 Å². The number of carbonyl (C=O) groups excluding carboxylic acids is 1. The molecule has 0 saturated carbocycles. The first kappa shape index (κ1) is 18.9. The molecule has 26 heavy (non-hydrogen) atoms. The molecule has 3 rings (SSSR count). The number of ether oxygens (including phenoxy) is 1. The van der Waals surface area contributed by atoms with Crippen molar-refractivity contribution in [3.05, 3.63) is 52.2 Å². The van der Waals surface area contributed by atoms with Gasteiger partial charge in [-0.2, -0.15) is 0 Å². The number of piperidine rings is 1. The molecule has 1 amide bonds. The first-order valence-corrected chi connectivity index (χ1v) is 10.3. The number of nitrogens with one attached hydrogen (secondary N) is 1. The van der Waals surface area contributed by atoms with Gasteiger partial charge in [0.05, 0.1) is 13.7 Å². The van der Waals surface area contributed by atoms with Crippen molar-refractivity contribution in [2.24, 2.45) is 5.92 Å². The molecule has 0 unspecified atom stereocenters. The van der Waals surface area contributed by atoms with Gasteiger partial charge in [0.2, 0.25) is 5.91 Å². The molecule has 1 aromatic heterocycles. The van der Waals surface area contributed by atoms with Crippen LogP contribution in [0.2, 0.25) is 0 Å². The Balaban J connectivity index is 1.66. The van der Waals surface area contributed by atoms with Gasteiger partial charge in [0.15, 0.2) is 0 Å². The largest absolute Gasteiger partial charge is 0.496 e. The van der Waals surface area contributed by atoms with Crippen molar-refractivity contribution in [2.45, 2.75) is 38.8 Å². The van der Waals surface area contributed by atoms with Crippen LogP contribution in [0.15, 0.2) is 41.8 Å². The van der Waals surface area contributed by atoms with Crippen LogP contribution in [-0.2, 0) is 17.9 Å². The molecular formula is C21H28N2O2S. The Labute approximate surface area is 160 Å². The summed E-state index contributed by atoms with van der Waals surface area (Å²) in [6, 6.07) is 12.1. The summed E-state index contributed by atoms with van der Waals surface area (Å²) in [7, 11) is 1.68. The minimum Gasteiger partial charge on any atom is -0.496 e. The Morgan fingerprint density at radius 2 is 2.00 bits per heavy atom. The quantitative estimate of drug-likeness (QED) is 0.760. The highest BCUT2D eigenvalue weighted by Crippen LogP contribution is 2.24. The third-order valence-electron chi connectivity index (χ3n) is 5.06. The number of hydrogen-bond acceptors (Lipinski definition) is 4. The molecule has 1 aliphatic heterocycles. The second-order valence-corrected chi connectivity index (χ2v) is 7.91. The van der Waals surface area contributed by atoms with Gasteiger partial charge >= 0.3 is 0 Å². The minimum absolute atomic E-state index is 0.239. The number of benzene rings is 1. The molecule has 2 aromatic rings. The van der Waals surface area contributed by atoms with Crippen LogP contribution in [0.25, 0.3) is 0 Å². The van der Waals surface area contributed by atoms with E-state index in [-0.39, 0.29) is 5.91 Å². The van der Waals surface area contributed by atoms with Crippen molar-refractivity contribution < 1.29 is 9.53 Å². The molecule has 1 aromatic carbocycles. The van der Waals surface area contributed by atoms with E-state index >= 15 is 0 Å². The van der Waals surface area contributed by atoms with E-state index in [0.717, 1.165) is 30.8 Å². The normalized spacial score (nSPS) is 15.0. The molecule has 2 heterocycles. The molecule has 0 radical (unpaired) electrons. The molecule has 0 atom stereocenters. The topological polar surface area (TPSA) is 41.6 Å². The van der Waals surface area contributed by atoms with Crippen LogP contribution in [0.4, 0.5) is 0 Å². The van der Waals surface area contributed by atoms with E-state index in [9.17, 15) is 4.79 Å². The van der Waals surface area contributed by atoms with E-state index in [1.165, 1.54) is 17.7 Å². The van der Waals surface area contributed by atoms with Gasteiger partial charge in [-0.3, -0.25) is 4.79 Å². The van der Waals surface area contributed by atoms with Crippen molar-refractivity contribution >= 4 is 17.2 Å². The monoisotopic (exact) mass is 372 g/mol. The van der Waals surface area contributed by atoms with Crippen LogP contribution in [0.1, 0.15) is 36.1 Å². The number of amides is 1. The highest BCUT2D eigenvalue weighted by molar-refractivity contribution is 7.09. The smallest absolute Gasteiger partial charge is 0.223 e. The second kappa shape index (κ2) is 9.74. The van der Waals surface area contributed by atoms with Crippen molar-refractivity contribution in [1.29, 1.82) is 0 Å². The van der Waals surface area contributed by atoms with Gasteiger partial charge in [0, 0.05) is 23.4 Å². The number of methoxy groups -OCH3 is 1. The maximum atomic E-state index is 13.0. The summed E-state index contributed by atoms with van der Waals surface area (Å²) in [6.45, 7) is 3.42. The number of thiophene rings is 1. The molecule has 1 fully saturated rings. The predicted molar refractivity (Wildman–Crippen MR) is 106 cm³/mol. The Hall–Kier alpha value is -1.85. The fourth-order valence-corrected chi connectivity index (χ4v) is 4.24. The highest BCUT2D eigenvalue weighted by atomic mass is 32.1. The van der Waals surface area contributed by atoms with E-state index in [1.807, 2.05) is 35.2 Å². The molecule has 0 bridgehead atoms. The number of para-hydroxylation sites is 1. The minimum atomic E-state index is 0.239. The van der Waals surface area contributed by atoms with Gasteiger partial charge in [0.25, 0.3) is 0 Å². The average molecular weight is 373 g/mol. The summed E-state index contributed by atoms with van der Waals surface area (Å²) < 4.78 is 5.47. The lowest BCUT2D eigenvalue weighted by atomic mass is 9.93. The molecule has 5 heteroatoms. The molecule has 1 aliphatic rings. The third-order valence-corrected chi connectivity index (χ3v) is 5.92. The van der Waals surface area contributed by atoms with Crippen molar-refractivity contribution in [2.75, 3.05) is 20.2 Å². The van der Waals surface area contributed by atoms with Gasteiger partial charge in [-0.05, 0) is 55.8 Å². The zero-order valence-corrected chi connectivity index (χ0v) is 16.3. The molecule has 1 saturated heterocycles. The standard InChI is InChI=1S/C21H28N2O2S/c1-25-20-7-3-2-5-18(20)15-23(16-19-6-4-14-26-19)21(24)9-8-17-10-12-22-13-11-17/h2-7,14,17,22H,8-13,15-16H2,1H3. The summed E-state index contributed by atoms with van der Waals surface area (Å²) in [6.07, 6.45) is 3.99. The predicted octanol–water partition coefficient (Wildman–Crippen LogP) is 4.07. The number of hydrogen-bond donors (Lipinski definition) is 1. The van der Waals surface area contributed by atoms with Crippen LogP contribution in [0.5, 0.6) is 5.75 Å². The maximum absolute atomic E-state index is 13.0. The zero-order valence-electron chi connectivity index (χ0n) is 15.4. The lowest BCUT2D eigenvalue weighted by molar-refractivity contribution is -0.132. The fourth-order valence-electron chi connectivity index (χ4n) is 3.52. The van der Waals surface area contributed by atoms with Crippen LogP contribution in [0, 0.1) is 5.92 Å². The maximum Gasteiger partial charge on any atom is 0.223 e. The van der Waals surface area contributed by atoms with Gasteiger partial charge in [-0.1, -0.05) is 24.3 Å². The van der Waals surface area contributed by atoms with E-state index in [2.05, 4.69) is 16.8 Å².